The molecular formula is C7H3BrF3NO2. The number of nitrogens with zero attached hydrogens (tertiary/aromatic N) is 1. The molecule has 0 saturated carbocycles. The van der Waals surface area contributed by atoms with Gasteiger partial charge in [0.15, 0.2) is 5.82 Å². The van der Waals surface area contributed by atoms with Crippen molar-refractivity contribution in [2.24, 2.45) is 0 Å². The van der Waals surface area contributed by atoms with E-state index < -0.39 is 33.9 Å². The first kappa shape index (κ1) is 11.0. The van der Waals surface area contributed by atoms with Crippen molar-refractivity contribution < 1.29 is 23.1 Å². The molecule has 0 amide bonds. The topological polar surface area (TPSA) is 50.2 Å². The van der Waals surface area contributed by atoms with Crippen molar-refractivity contribution >= 4 is 21.9 Å². The van der Waals surface area contributed by atoms with Crippen molar-refractivity contribution in [1.82, 2.24) is 4.98 Å². The third-order valence-electron chi connectivity index (χ3n) is 1.42. The maximum Gasteiger partial charge on any atom is 0.339 e. The van der Waals surface area contributed by atoms with Gasteiger partial charge in [-0.1, -0.05) is 0 Å². The van der Waals surface area contributed by atoms with Crippen LogP contribution in [0.25, 0.3) is 0 Å². The van der Waals surface area contributed by atoms with Crippen LogP contribution >= 0.6 is 15.9 Å². The van der Waals surface area contributed by atoms with Gasteiger partial charge in [-0.25, -0.2) is 18.0 Å². The molecule has 76 valence electrons. The van der Waals surface area contributed by atoms with Crippen LogP contribution in [-0.2, 0) is 0 Å². The monoisotopic (exact) mass is 269 g/mol. The highest BCUT2D eigenvalue weighted by Crippen LogP contribution is 2.28. The number of halogens is 4. The van der Waals surface area contributed by atoms with Crippen LogP contribution in [0.1, 0.15) is 22.5 Å². The van der Waals surface area contributed by atoms with E-state index in [1.54, 1.807) is 0 Å². The van der Waals surface area contributed by atoms with E-state index >= 15 is 0 Å². The number of carbonyl (C=O) groups is 1. The molecule has 0 radical (unpaired) electrons. The lowest BCUT2D eigenvalue weighted by Crippen LogP contribution is -2.08. The van der Waals surface area contributed by atoms with Gasteiger partial charge in [0.05, 0.1) is 10.7 Å². The van der Waals surface area contributed by atoms with Crippen LogP contribution < -0.4 is 0 Å². The van der Waals surface area contributed by atoms with Gasteiger partial charge in [0, 0.05) is 0 Å². The summed E-state index contributed by atoms with van der Waals surface area (Å²) in [6.07, 6.45) is -2.52. The second kappa shape index (κ2) is 3.95. The molecule has 0 aliphatic carbocycles. The second-order valence-corrected chi connectivity index (χ2v) is 3.08. The summed E-state index contributed by atoms with van der Waals surface area (Å²) in [7, 11) is 0. The predicted molar refractivity (Wildman–Crippen MR) is 43.8 cm³/mol. The van der Waals surface area contributed by atoms with E-state index in [1.165, 1.54) is 0 Å². The summed E-state index contributed by atoms with van der Waals surface area (Å²) in [5.41, 5.74) is -1.80. The first-order valence-electron chi connectivity index (χ1n) is 3.30. The largest absolute Gasteiger partial charge is 0.478 e. The van der Waals surface area contributed by atoms with Crippen molar-refractivity contribution in [3.8, 4) is 0 Å². The minimum absolute atomic E-state index is 0.518. The zero-order chi connectivity index (χ0) is 10.9. The molecule has 14 heavy (non-hydrogen) atoms. The summed E-state index contributed by atoms with van der Waals surface area (Å²) in [5.74, 6) is -2.65. The van der Waals surface area contributed by atoms with E-state index in [1.807, 2.05) is 0 Å². The molecule has 0 aliphatic heterocycles. The molecule has 1 rings (SSSR count). The molecule has 1 N–H and O–H groups in total. The Bertz CT molecular complexity index is 383. The van der Waals surface area contributed by atoms with Gasteiger partial charge in [0.25, 0.3) is 6.43 Å². The fourth-order valence-electron chi connectivity index (χ4n) is 0.848. The molecule has 0 fully saturated rings. The third-order valence-corrected chi connectivity index (χ3v) is 2.20. The quantitative estimate of drug-likeness (QED) is 0.898. The molecule has 1 aromatic rings. The van der Waals surface area contributed by atoms with Crippen LogP contribution in [0.4, 0.5) is 13.2 Å². The minimum atomic E-state index is -3.06. The summed E-state index contributed by atoms with van der Waals surface area (Å²) in [5, 5.41) is 8.55. The second-order valence-electron chi connectivity index (χ2n) is 2.29. The van der Waals surface area contributed by atoms with Crippen molar-refractivity contribution in [2.75, 3.05) is 0 Å². The van der Waals surface area contributed by atoms with E-state index in [2.05, 4.69) is 20.9 Å². The number of aromatic carboxylic acids is 1. The molecule has 0 spiro atoms. The summed E-state index contributed by atoms with van der Waals surface area (Å²) in [6, 6.07) is 0. The van der Waals surface area contributed by atoms with Gasteiger partial charge < -0.3 is 5.11 Å². The Morgan fingerprint density at radius 2 is 2.14 bits per heavy atom. The van der Waals surface area contributed by atoms with Gasteiger partial charge >= 0.3 is 5.97 Å². The number of carboxylic acids is 1. The molecule has 0 atom stereocenters. The third kappa shape index (κ3) is 1.87. The zero-order valence-electron chi connectivity index (χ0n) is 6.47. The Morgan fingerprint density at radius 3 is 2.57 bits per heavy atom. The van der Waals surface area contributed by atoms with Crippen LogP contribution in [-0.4, -0.2) is 16.1 Å². The molecule has 7 heteroatoms. The van der Waals surface area contributed by atoms with Gasteiger partial charge in [-0.2, -0.15) is 0 Å². The summed E-state index contributed by atoms with van der Waals surface area (Å²) in [4.78, 5) is 13.6. The van der Waals surface area contributed by atoms with Crippen molar-refractivity contribution in [3.05, 3.63) is 27.7 Å². The number of carboxylic acid groups (broad SMARTS) is 1. The summed E-state index contributed by atoms with van der Waals surface area (Å²) in [6.45, 7) is 0. The summed E-state index contributed by atoms with van der Waals surface area (Å²) >= 11 is 2.57. The van der Waals surface area contributed by atoms with Gasteiger partial charge in [-0.3, -0.25) is 4.98 Å². The molecule has 0 aromatic carbocycles. The number of pyridine rings is 1. The smallest absolute Gasteiger partial charge is 0.339 e. The van der Waals surface area contributed by atoms with E-state index in [-0.39, 0.29) is 0 Å². The van der Waals surface area contributed by atoms with Gasteiger partial charge in [0.2, 0.25) is 0 Å². The Hall–Kier alpha value is -1.11. The van der Waals surface area contributed by atoms with Gasteiger partial charge in [-0.05, 0) is 15.9 Å². The molecule has 1 aromatic heterocycles. The molecular weight excluding hydrogens is 267 g/mol. The normalized spacial score (nSPS) is 10.6. The molecule has 0 aliphatic rings. The summed E-state index contributed by atoms with van der Waals surface area (Å²) < 4.78 is 36.7. The molecule has 0 bridgehead atoms. The van der Waals surface area contributed by atoms with Crippen LogP contribution in [0.2, 0.25) is 0 Å². The Kier molecular flexibility index (Phi) is 3.10. The highest BCUT2D eigenvalue weighted by molar-refractivity contribution is 9.10. The molecule has 0 saturated heterocycles. The average Bonchev–Trinajstić information content (AvgIpc) is 2.08. The fraction of sp³-hybridized carbons (Fsp3) is 0.143. The maximum atomic E-state index is 12.8. The number of aromatic nitrogens is 1. The lowest BCUT2D eigenvalue weighted by molar-refractivity contribution is 0.0680. The highest BCUT2D eigenvalue weighted by Gasteiger charge is 2.24. The first-order chi connectivity index (χ1) is 6.45. The van der Waals surface area contributed by atoms with Crippen molar-refractivity contribution in [3.63, 3.8) is 0 Å². The molecule has 0 unspecified atom stereocenters. The van der Waals surface area contributed by atoms with Gasteiger partial charge in [0.1, 0.15) is 11.3 Å². The van der Waals surface area contributed by atoms with Crippen LogP contribution in [0.15, 0.2) is 10.7 Å². The lowest BCUT2D eigenvalue weighted by Gasteiger charge is -2.06. The number of rotatable bonds is 2. The van der Waals surface area contributed by atoms with Crippen molar-refractivity contribution in [1.29, 1.82) is 0 Å². The van der Waals surface area contributed by atoms with Crippen LogP contribution in [0.5, 0.6) is 0 Å². The first-order valence-corrected chi connectivity index (χ1v) is 4.09. The predicted octanol–water partition coefficient (Wildman–Crippen LogP) is 2.62. The van der Waals surface area contributed by atoms with Crippen molar-refractivity contribution in [2.45, 2.75) is 6.43 Å². The maximum absolute atomic E-state index is 12.8. The lowest BCUT2D eigenvalue weighted by atomic mass is 10.2. The fourth-order valence-corrected chi connectivity index (χ4v) is 1.32. The van der Waals surface area contributed by atoms with E-state index in [0.717, 1.165) is 0 Å². The minimum Gasteiger partial charge on any atom is -0.478 e. The standard InChI is InChI=1S/C7H3BrF3NO2/c8-4-2(9)1-12-5(6(10)11)3(4)7(13)14/h1,6H,(H,13,14). The van der Waals surface area contributed by atoms with E-state index in [4.69, 9.17) is 5.11 Å². The SMILES string of the molecule is O=C(O)c1c(C(F)F)ncc(F)c1Br. The van der Waals surface area contributed by atoms with E-state index in [0.29, 0.717) is 6.20 Å². The number of alkyl halides is 2. The molecule has 1 heterocycles. The Labute approximate surface area is 84.7 Å². The van der Waals surface area contributed by atoms with Crippen LogP contribution in [0.3, 0.4) is 0 Å². The van der Waals surface area contributed by atoms with Crippen LogP contribution in [0, 0.1) is 5.82 Å². The molecule has 3 nitrogen and oxygen atoms in total. The van der Waals surface area contributed by atoms with E-state index in [9.17, 15) is 18.0 Å². The van der Waals surface area contributed by atoms with Gasteiger partial charge in [-0.15, -0.1) is 0 Å². The highest BCUT2D eigenvalue weighted by atomic mass is 79.9. The zero-order valence-corrected chi connectivity index (χ0v) is 8.06. The number of hydrogen-bond acceptors (Lipinski definition) is 2. The Morgan fingerprint density at radius 1 is 1.57 bits per heavy atom. The Balaban J connectivity index is 3.45. The number of hydrogen-bond donors (Lipinski definition) is 1. The average molecular weight is 270 g/mol.